The van der Waals surface area contributed by atoms with Crippen LogP contribution in [0.4, 0.5) is 13.2 Å². The molecule has 1 atom stereocenters. The molecule has 1 aliphatic carbocycles. The number of rotatable bonds is 4. The van der Waals surface area contributed by atoms with E-state index in [2.05, 4.69) is 6.07 Å². The van der Waals surface area contributed by atoms with Crippen LogP contribution in [0.15, 0.2) is 60.0 Å². The summed E-state index contributed by atoms with van der Waals surface area (Å²) in [5, 5.41) is 1.98. The van der Waals surface area contributed by atoms with Gasteiger partial charge in [0.05, 0.1) is 18.2 Å². The van der Waals surface area contributed by atoms with Crippen molar-refractivity contribution in [1.29, 1.82) is 0 Å². The third kappa shape index (κ3) is 4.15. The van der Waals surface area contributed by atoms with E-state index in [1.807, 2.05) is 36.6 Å². The van der Waals surface area contributed by atoms with E-state index in [1.54, 1.807) is 16.2 Å². The van der Waals surface area contributed by atoms with Gasteiger partial charge < -0.3 is 4.90 Å². The summed E-state index contributed by atoms with van der Waals surface area (Å²) >= 11 is 1.57. The van der Waals surface area contributed by atoms with E-state index in [9.17, 15) is 18.0 Å². The molecule has 3 aromatic rings. The highest BCUT2D eigenvalue weighted by Crippen LogP contribution is 2.37. The zero-order chi connectivity index (χ0) is 21.3. The normalized spacial score (nSPS) is 16.2. The first-order chi connectivity index (χ1) is 14.3. The summed E-state index contributed by atoms with van der Waals surface area (Å²) in [6.45, 7) is 2.38. The minimum Gasteiger partial charge on any atom is -0.326 e. The van der Waals surface area contributed by atoms with Crippen LogP contribution in [-0.4, -0.2) is 10.8 Å². The highest BCUT2D eigenvalue weighted by molar-refractivity contribution is 7.10. The molecule has 0 bridgehead atoms. The number of alkyl halides is 3. The first kappa shape index (κ1) is 20.7. The largest absolute Gasteiger partial charge is 0.416 e. The minimum atomic E-state index is -4.48. The molecule has 1 aromatic heterocycles. The maximum Gasteiger partial charge on any atom is 0.416 e. The Kier molecular flexibility index (Phi) is 5.69. The van der Waals surface area contributed by atoms with Crippen LogP contribution in [0.1, 0.15) is 56.4 Å². The molecular weight excluding hydrogens is 407 g/mol. The first-order valence-corrected chi connectivity index (χ1v) is 10.8. The minimum absolute atomic E-state index is 0.0714. The Morgan fingerprint density at radius 3 is 2.67 bits per heavy atom. The smallest absolute Gasteiger partial charge is 0.326 e. The fourth-order valence-corrected chi connectivity index (χ4v) is 4.99. The molecule has 2 aromatic carbocycles. The van der Waals surface area contributed by atoms with Crippen molar-refractivity contribution in [3.8, 4) is 0 Å². The Hall–Kier alpha value is -2.60. The number of amides is 1. The Labute approximate surface area is 178 Å². The number of benzene rings is 2. The van der Waals surface area contributed by atoms with Gasteiger partial charge in [0.1, 0.15) is 0 Å². The topological polar surface area (TPSA) is 20.3 Å². The molecule has 1 amide bonds. The fraction of sp³-hybridized carbons (Fsp3) is 0.292. The quantitative estimate of drug-likeness (QED) is 0.447. The van der Waals surface area contributed by atoms with Crippen molar-refractivity contribution in [3.05, 3.63) is 92.7 Å². The number of aryl methyl sites for hydroxylation is 2. The van der Waals surface area contributed by atoms with Crippen molar-refractivity contribution in [2.75, 3.05) is 0 Å². The molecule has 30 heavy (non-hydrogen) atoms. The molecular formula is C24H22F3NOS. The number of fused-ring (bicyclic) bond motifs is 1. The van der Waals surface area contributed by atoms with E-state index < -0.39 is 11.7 Å². The summed E-state index contributed by atoms with van der Waals surface area (Å²) in [5.74, 6) is -0.365. The lowest BCUT2D eigenvalue weighted by molar-refractivity contribution is -0.137. The molecule has 0 spiro atoms. The molecule has 0 saturated carbocycles. The van der Waals surface area contributed by atoms with Gasteiger partial charge in [0.25, 0.3) is 5.91 Å². The number of carbonyl (C=O) groups is 1. The summed E-state index contributed by atoms with van der Waals surface area (Å²) < 4.78 is 39.7. The highest BCUT2D eigenvalue weighted by Gasteiger charge is 2.33. The van der Waals surface area contributed by atoms with Gasteiger partial charge in [0.15, 0.2) is 0 Å². The van der Waals surface area contributed by atoms with Crippen LogP contribution >= 0.6 is 11.3 Å². The van der Waals surface area contributed by atoms with E-state index in [-0.39, 0.29) is 17.5 Å². The molecule has 6 heteroatoms. The lowest BCUT2D eigenvalue weighted by Gasteiger charge is -2.36. The third-order valence-electron chi connectivity index (χ3n) is 5.69. The number of halogens is 3. The Balaban J connectivity index is 1.75. The average molecular weight is 430 g/mol. The van der Waals surface area contributed by atoms with Crippen molar-refractivity contribution in [2.24, 2.45) is 0 Å². The molecule has 2 nitrogen and oxygen atoms in total. The summed E-state index contributed by atoms with van der Waals surface area (Å²) in [6, 6.07) is 14.6. The Morgan fingerprint density at radius 1 is 1.13 bits per heavy atom. The number of hydrogen-bond donors (Lipinski definition) is 0. The second kappa shape index (κ2) is 8.26. The molecule has 4 rings (SSSR count). The second-order valence-corrected chi connectivity index (χ2v) is 8.65. The molecule has 0 fully saturated rings. The summed E-state index contributed by atoms with van der Waals surface area (Å²) in [7, 11) is 0. The van der Waals surface area contributed by atoms with Gasteiger partial charge in [-0.2, -0.15) is 13.2 Å². The number of nitrogens with zero attached hydrogens (tertiary/aromatic N) is 1. The second-order valence-electron chi connectivity index (χ2n) is 7.65. The van der Waals surface area contributed by atoms with E-state index in [1.165, 1.54) is 17.7 Å². The monoisotopic (exact) mass is 429 g/mol. The zero-order valence-corrected chi connectivity index (χ0v) is 17.4. The zero-order valence-electron chi connectivity index (χ0n) is 16.6. The van der Waals surface area contributed by atoms with Gasteiger partial charge >= 0.3 is 6.18 Å². The van der Waals surface area contributed by atoms with E-state index in [0.29, 0.717) is 6.54 Å². The highest BCUT2D eigenvalue weighted by atomic mass is 32.1. The first-order valence-electron chi connectivity index (χ1n) is 9.93. The average Bonchev–Trinajstić information content (AvgIpc) is 3.15. The predicted octanol–water partition coefficient (Wildman–Crippen LogP) is 6.80. The van der Waals surface area contributed by atoms with E-state index in [4.69, 9.17) is 0 Å². The summed E-state index contributed by atoms with van der Waals surface area (Å²) in [5.41, 5.74) is 2.66. The predicted molar refractivity (Wildman–Crippen MR) is 112 cm³/mol. The number of thiophene rings is 1. The van der Waals surface area contributed by atoms with Crippen molar-refractivity contribution in [1.82, 2.24) is 4.90 Å². The van der Waals surface area contributed by atoms with Crippen molar-refractivity contribution >= 4 is 17.2 Å². The molecule has 0 aliphatic heterocycles. The molecule has 1 unspecified atom stereocenters. The number of hydrogen-bond acceptors (Lipinski definition) is 2. The van der Waals surface area contributed by atoms with Gasteiger partial charge in [0, 0.05) is 10.4 Å². The molecule has 1 aliphatic rings. The lowest BCUT2D eigenvalue weighted by Crippen LogP contribution is -2.36. The van der Waals surface area contributed by atoms with Gasteiger partial charge in [-0.25, -0.2) is 0 Å². The molecule has 1 heterocycles. The lowest BCUT2D eigenvalue weighted by atomic mass is 9.86. The summed E-state index contributed by atoms with van der Waals surface area (Å²) in [4.78, 5) is 16.3. The number of carbonyl (C=O) groups excluding carboxylic acids is 1. The van der Waals surface area contributed by atoms with Gasteiger partial charge in [0.2, 0.25) is 0 Å². The van der Waals surface area contributed by atoms with Crippen molar-refractivity contribution in [3.63, 3.8) is 0 Å². The van der Waals surface area contributed by atoms with Crippen LogP contribution in [0.25, 0.3) is 0 Å². The maximum absolute atomic E-state index is 13.5. The van der Waals surface area contributed by atoms with Crippen LogP contribution in [0.5, 0.6) is 0 Å². The van der Waals surface area contributed by atoms with Gasteiger partial charge in [-0.1, -0.05) is 30.3 Å². The maximum atomic E-state index is 13.5. The van der Waals surface area contributed by atoms with Crippen molar-refractivity contribution < 1.29 is 18.0 Å². The van der Waals surface area contributed by atoms with E-state index >= 15 is 0 Å². The van der Waals surface area contributed by atoms with Gasteiger partial charge in [-0.15, -0.1) is 11.3 Å². The van der Waals surface area contributed by atoms with Crippen LogP contribution in [-0.2, 0) is 19.1 Å². The summed E-state index contributed by atoms with van der Waals surface area (Å²) in [6.07, 6.45) is -1.79. The van der Waals surface area contributed by atoms with Crippen LogP contribution in [0.3, 0.4) is 0 Å². The molecule has 0 radical (unpaired) electrons. The van der Waals surface area contributed by atoms with E-state index in [0.717, 1.165) is 47.4 Å². The van der Waals surface area contributed by atoms with Crippen molar-refractivity contribution in [2.45, 2.75) is 44.9 Å². The SMILES string of the molecule is Cc1ccsc1CN(C(=O)c1cccc(C(F)(F)F)c1)C1CCCc2ccccc21. The molecule has 0 N–H and O–H groups in total. The standard InChI is InChI=1S/C24H22F3NOS/c1-16-12-13-30-22(16)15-28(21-11-5-7-17-6-2-3-10-20(17)21)23(29)18-8-4-9-19(14-18)24(25,26)27/h2-4,6,8-10,12-14,21H,5,7,11,15H2,1H3. The molecule has 0 saturated heterocycles. The van der Waals surface area contributed by atoms with Gasteiger partial charge in [-0.05, 0) is 72.5 Å². The third-order valence-corrected chi connectivity index (χ3v) is 6.70. The Morgan fingerprint density at radius 2 is 1.93 bits per heavy atom. The fourth-order valence-electron chi connectivity index (χ4n) is 4.09. The van der Waals surface area contributed by atoms with Gasteiger partial charge in [-0.3, -0.25) is 4.79 Å². The van der Waals surface area contributed by atoms with Crippen LogP contribution in [0, 0.1) is 6.92 Å². The van der Waals surface area contributed by atoms with Crippen LogP contribution in [0.2, 0.25) is 0 Å². The molecule has 156 valence electrons. The Bertz CT molecular complexity index is 1060. The van der Waals surface area contributed by atoms with Crippen LogP contribution < -0.4 is 0 Å².